The number of nitrogens with zero attached hydrogens (tertiary/aromatic N) is 2. The van der Waals surface area contributed by atoms with Gasteiger partial charge in [-0.05, 0) is 17.7 Å². The maximum absolute atomic E-state index is 13.0. The molecule has 1 aromatic heterocycles. The molecule has 102 valence electrons. The molecular formula is C13H15FN2O3. The summed E-state index contributed by atoms with van der Waals surface area (Å²) in [6, 6.07) is 6.23. The Kier molecular flexibility index (Phi) is 4.59. The summed E-state index contributed by atoms with van der Waals surface area (Å²) in [4.78, 5) is 4.14. The van der Waals surface area contributed by atoms with Crippen LogP contribution in [0.3, 0.4) is 0 Å². The van der Waals surface area contributed by atoms with E-state index in [-0.39, 0.29) is 18.8 Å². The van der Waals surface area contributed by atoms with E-state index in [4.69, 9.17) is 9.26 Å². The van der Waals surface area contributed by atoms with Crippen molar-refractivity contribution < 1.29 is 18.8 Å². The summed E-state index contributed by atoms with van der Waals surface area (Å²) in [6.07, 6.45) is -0.0431. The van der Waals surface area contributed by atoms with Crippen molar-refractivity contribution in [2.24, 2.45) is 0 Å². The zero-order chi connectivity index (χ0) is 13.7. The molecular weight excluding hydrogens is 251 g/mol. The number of hydrogen-bond donors (Lipinski definition) is 1. The first kappa shape index (κ1) is 13.6. The molecule has 19 heavy (non-hydrogen) atoms. The minimum atomic E-state index is -0.674. The van der Waals surface area contributed by atoms with Crippen LogP contribution in [0.25, 0.3) is 0 Å². The number of aromatic nitrogens is 2. The van der Waals surface area contributed by atoms with Gasteiger partial charge in [0.25, 0.3) is 0 Å². The molecule has 0 aliphatic carbocycles. The van der Waals surface area contributed by atoms with Crippen LogP contribution >= 0.6 is 0 Å². The number of methoxy groups -OCH3 is 1. The third kappa shape index (κ3) is 4.11. The van der Waals surface area contributed by atoms with Gasteiger partial charge in [-0.2, -0.15) is 4.98 Å². The molecule has 0 aliphatic heterocycles. The molecule has 0 radical (unpaired) electrons. The highest BCUT2D eigenvalue weighted by atomic mass is 19.1. The Morgan fingerprint density at radius 1 is 1.47 bits per heavy atom. The van der Waals surface area contributed by atoms with Crippen LogP contribution < -0.4 is 0 Å². The number of aliphatic hydroxyl groups excluding tert-OH is 1. The fourth-order valence-electron chi connectivity index (χ4n) is 1.73. The second kappa shape index (κ2) is 6.40. The summed E-state index contributed by atoms with van der Waals surface area (Å²) in [7, 11) is 1.51. The molecule has 1 atom stereocenters. The van der Waals surface area contributed by atoms with Gasteiger partial charge in [-0.3, -0.25) is 0 Å². The second-order valence-electron chi connectivity index (χ2n) is 4.22. The Hall–Kier alpha value is -1.79. The Labute approximate surface area is 110 Å². The molecule has 5 nitrogen and oxygen atoms in total. The monoisotopic (exact) mass is 266 g/mol. The fraction of sp³-hybridized carbons (Fsp3) is 0.385. The van der Waals surface area contributed by atoms with Gasteiger partial charge in [0.2, 0.25) is 5.89 Å². The summed E-state index contributed by atoms with van der Waals surface area (Å²) in [5.74, 6) is 0.512. The van der Waals surface area contributed by atoms with Crippen molar-refractivity contribution in [3.8, 4) is 0 Å². The van der Waals surface area contributed by atoms with Gasteiger partial charge in [0.1, 0.15) is 5.82 Å². The molecule has 0 spiro atoms. The van der Waals surface area contributed by atoms with Gasteiger partial charge in [-0.15, -0.1) is 0 Å². The zero-order valence-corrected chi connectivity index (χ0v) is 10.5. The first-order chi connectivity index (χ1) is 9.17. The number of benzene rings is 1. The maximum Gasteiger partial charge on any atom is 0.229 e. The summed E-state index contributed by atoms with van der Waals surface area (Å²) >= 11 is 0. The van der Waals surface area contributed by atoms with E-state index in [1.165, 1.54) is 19.2 Å². The van der Waals surface area contributed by atoms with Gasteiger partial charge >= 0.3 is 0 Å². The Balaban J connectivity index is 1.97. The molecule has 1 heterocycles. The average molecular weight is 266 g/mol. The summed E-state index contributed by atoms with van der Waals surface area (Å²) in [6.45, 7) is 0.210. The SMILES string of the molecule is COCC(O)Cc1nc(Cc2cccc(F)c2)no1. The molecule has 1 unspecified atom stereocenters. The van der Waals surface area contributed by atoms with Crippen molar-refractivity contribution >= 4 is 0 Å². The fourth-order valence-corrected chi connectivity index (χ4v) is 1.73. The van der Waals surface area contributed by atoms with Gasteiger partial charge in [0.15, 0.2) is 5.82 Å². The van der Waals surface area contributed by atoms with Crippen LogP contribution in [0.2, 0.25) is 0 Å². The van der Waals surface area contributed by atoms with E-state index in [9.17, 15) is 9.50 Å². The van der Waals surface area contributed by atoms with Gasteiger partial charge in [0, 0.05) is 13.5 Å². The van der Waals surface area contributed by atoms with Crippen molar-refractivity contribution in [3.63, 3.8) is 0 Å². The Bertz CT molecular complexity index is 530. The number of hydrogen-bond acceptors (Lipinski definition) is 5. The number of rotatable bonds is 6. The Morgan fingerprint density at radius 2 is 2.32 bits per heavy atom. The van der Waals surface area contributed by atoms with Crippen LogP contribution in [0, 0.1) is 5.82 Å². The standard InChI is InChI=1S/C13H15FN2O3/c1-18-8-11(17)7-13-15-12(16-19-13)6-9-3-2-4-10(14)5-9/h2-5,11,17H,6-8H2,1H3. The maximum atomic E-state index is 13.0. The second-order valence-corrected chi connectivity index (χ2v) is 4.22. The van der Waals surface area contributed by atoms with Crippen LogP contribution in [0.5, 0.6) is 0 Å². The van der Waals surface area contributed by atoms with Crippen LogP contribution in [-0.2, 0) is 17.6 Å². The third-order valence-corrected chi connectivity index (χ3v) is 2.53. The molecule has 2 rings (SSSR count). The number of aliphatic hydroxyl groups is 1. The first-order valence-electron chi connectivity index (χ1n) is 5.90. The highest BCUT2D eigenvalue weighted by Crippen LogP contribution is 2.09. The van der Waals surface area contributed by atoms with Crippen LogP contribution in [0.1, 0.15) is 17.3 Å². The van der Waals surface area contributed by atoms with Crippen molar-refractivity contribution in [2.75, 3.05) is 13.7 Å². The summed E-state index contributed by atoms with van der Waals surface area (Å²) < 4.78 is 22.8. The molecule has 0 fully saturated rings. The van der Waals surface area contributed by atoms with E-state index >= 15 is 0 Å². The van der Waals surface area contributed by atoms with Crippen molar-refractivity contribution in [1.82, 2.24) is 10.1 Å². The first-order valence-corrected chi connectivity index (χ1v) is 5.90. The van der Waals surface area contributed by atoms with Gasteiger partial charge in [-0.25, -0.2) is 4.39 Å². The third-order valence-electron chi connectivity index (χ3n) is 2.53. The largest absolute Gasteiger partial charge is 0.390 e. The molecule has 0 amide bonds. The topological polar surface area (TPSA) is 68.4 Å². The van der Waals surface area contributed by atoms with Gasteiger partial charge in [0.05, 0.1) is 19.1 Å². The normalized spacial score (nSPS) is 12.6. The van der Waals surface area contributed by atoms with E-state index in [1.54, 1.807) is 12.1 Å². The van der Waals surface area contributed by atoms with Crippen molar-refractivity contribution in [3.05, 3.63) is 47.4 Å². The van der Waals surface area contributed by atoms with Crippen LogP contribution in [0.4, 0.5) is 4.39 Å². The highest BCUT2D eigenvalue weighted by molar-refractivity contribution is 5.19. The number of ether oxygens (including phenoxy) is 1. The van der Waals surface area contributed by atoms with Gasteiger partial charge in [-0.1, -0.05) is 17.3 Å². The van der Waals surface area contributed by atoms with Crippen molar-refractivity contribution in [1.29, 1.82) is 0 Å². The quantitative estimate of drug-likeness (QED) is 0.854. The lowest BCUT2D eigenvalue weighted by atomic mass is 10.1. The van der Waals surface area contributed by atoms with E-state index in [0.717, 1.165) is 5.56 Å². The molecule has 0 saturated heterocycles. The van der Waals surface area contributed by atoms with Crippen LogP contribution in [-0.4, -0.2) is 35.1 Å². The minimum absolute atomic E-state index is 0.210. The minimum Gasteiger partial charge on any atom is -0.390 e. The molecule has 1 aromatic carbocycles. The predicted octanol–water partition coefficient (Wildman–Crippen LogP) is 1.35. The van der Waals surface area contributed by atoms with E-state index in [1.807, 2.05) is 0 Å². The van der Waals surface area contributed by atoms with Gasteiger partial charge < -0.3 is 14.4 Å². The molecule has 1 N–H and O–H groups in total. The molecule has 2 aromatic rings. The lowest BCUT2D eigenvalue weighted by Gasteiger charge is -2.04. The summed E-state index contributed by atoms with van der Waals surface area (Å²) in [5.41, 5.74) is 0.768. The molecule has 0 saturated carbocycles. The lowest BCUT2D eigenvalue weighted by molar-refractivity contribution is 0.0599. The average Bonchev–Trinajstić information content (AvgIpc) is 2.76. The highest BCUT2D eigenvalue weighted by Gasteiger charge is 2.12. The predicted molar refractivity (Wildman–Crippen MR) is 65.1 cm³/mol. The van der Waals surface area contributed by atoms with E-state index < -0.39 is 6.10 Å². The summed E-state index contributed by atoms with van der Waals surface area (Å²) in [5, 5.41) is 13.3. The Morgan fingerprint density at radius 3 is 3.05 bits per heavy atom. The van der Waals surface area contributed by atoms with E-state index in [2.05, 4.69) is 10.1 Å². The van der Waals surface area contributed by atoms with E-state index in [0.29, 0.717) is 18.1 Å². The van der Waals surface area contributed by atoms with Crippen LogP contribution in [0.15, 0.2) is 28.8 Å². The zero-order valence-electron chi connectivity index (χ0n) is 10.5. The molecule has 0 bridgehead atoms. The molecule has 6 heteroatoms. The van der Waals surface area contributed by atoms with Crippen molar-refractivity contribution in [2.45, 2.75) is 18.9 Å². The lowest BCUT2D eigenvalue weighted by Crippen LogP contribution is -2.17. The smallest absolute Gasteiger partial charge is 0.229 e. The number of halogens is 1. The molecule has 0 aliphatic rings.